The van der Waals surface area contributed by atoms with Crippen molar-refractivity contribution < 1.29 is 9.47 Å². The third-order valence-corrected chi connectivity index (χ3v) is 6.36. The highest BCUT2D eigenvalue weighted by Gasteiger charge is 2.13. The predicted octanol–water partition coefficient (Wildman–Crippen LogP) is 7.72. The maximum atomic E-state index is 6.26. The fraction of sp³-hybridized carbons (Fsp3) is 0.250. The highest BCUT2D eigenvalue weighted by Crippen LogP contribution is 2.35. The molecule has 3 aromatic carbocycles. The molecule has 3 aromatic rings. The van der Waals surface area contributed by atoms with Crippen molar-refractivity contribution >= 4 is 50.7 Å². The van der Waals surface area contributed by atoms with Crippen LogP contribution in [0.4, 0.5) is 0 Å². The van der Waals surface area contributed by atoms with Gasteiger partial charge in [0.05, 0.1) is 6.61 Å². The monoisotopic (exact) mass is 541 g/mol. The lowest BCUT2D eigenvalue weighted by Gasteiger charge is -2.16. The number of ether oxygens (including phenoxy) is 2. The van der Waals surface area contributed by atoms with Crippen molar-refractivity contribution in [2.45, 2.75) is 26.5 Å². The van der Waals surface area contributed by atoms with Crippen LogP contribution in [-0.4, -0.2) is 13.2 Å². The van der Waals surface area contributed by atoms with E-state index in [2.05, 4.69) is 21.2 Å². The molecule has 0 saturated heterocycles. The molecule has 0 heterocycles. The van der Waals surface area contributed by atoms with E-state index in [9.17, 15) is 0 Å². The van der Waals surface area contributed by atoms with Crippen LogP contribution < -0.4 is 14.8 Å². The van der Waals surface area contributed by atoms with Crippen LogP contribution in [0, 0.1) is 0 Å². The van der Waals surface area contributed by atoms with Gasteiger partial charge < -0.3 is 14.8 Å². The third kappa shape index (κ3) is 7.03. The molecule has 3 nitrogen and oxygen atoms in total. The summed E-state index contributed by atoms with van der Waals surface area (Å²) in [4.78, 5) is 0. The molecule has 0 unspecified atom stereocenters. The van der Waals surface area contributed by atoms with Gasteiger partial charge in [0.1, 0.15) is 6.61 Å². The molecular weight excluding hydrogens is 521 g/mol. The molecule has 0 atom stereocenters. The maximum Gasteiger partial charge on any atom is 0.162 e. The Morgan fingerprint density at radius 1 is 0.903 bits per heavy atom. The molecule has 31 heavy (non-hydrogen) atoms. The molecule has 0 amide bonds. The highest BCUT2D eigenvalue weighted by atomic mass is 79.9. The van der Waals surface area contributed by atoms with Gasteiger partial charge in [0, 0.05) is 31.6 Å². The lowest BCUT2D eigenvalue weighted by Crippen LogP contribution is -2.17. The van der Waals surface area contributed by atoms with Gasteiger partial charge in [-0.05, 0) is 67.4 Å². The minimum absolute atomic E-state index is 0.254. The van der Waals surface area contributed by atoms with Gasteiger partial charge in [0.25, 0.3) is 0 Å². The quantitative estimate of drug-likeness (QED) is 0.266. The minimum atomic E-state index is 0.254. The normalized spacial score (nSPS) is 10.9. The average molecular weight is 544 g/mol. The average Bonchev–Trinajstić information content (AvgIpc) is 2.74. The molecule has 0 aliphatic carbocycles. The summed E-state index contributed by atoms with van der Waals surface area (Å²) in [6.45, 7) is 4.28. The summed E-state index contributed by atoms with van der Waals surface area (Å²) >= 11 is 22.1. The van der Waals surface area contributed by atoms with Crippen molar-refractivity contribution in [2.24, 2.45) is 0 Å². The summed E-state index contributed by atoms with van der Waals surface area (Å²) in [5.41, 5.74) is 3.08. The molecule has 0 aliphatic heterocycles. The van der Waals surface area contributed by atoms with Crippen LogP contribution in [0.5, 0.6) is 11.5 Å². The van der Waals surface area contributed by atoms with Gasteiger partial charge in [-0.25, -0.2) is 0 Å². The predicted molar refractivity (Wildman–Crippen MR) is 133 cm³/mol. The van der Waals surface area contributed by atoms with Crippen molar-refractivity contribution in [1.29, 1.82) is 0 Å². The zero-order chi connectivity index (χ0) is 22.2. The molecule has 0 radical (unpaired) electrons. The first-order chi connectivity index (χ1) is 15.0. The van der Waals surface area contributed by atoms with Crippen molar-refractivity contribution in [3.05, 3.63) is 90.8 Å². The van der Waals surface area contributed by atoms with Gasteiger partial charge in [-0.3, -0.25) is 0 Å². The Balaban J connectivity index is 1.64. The van der Waals surface area contributed by atoms with Gasteiger partial charge >= 0.3 is 0 Å². The summed E-state index contributed by atoms with van der Waals surface area (Å²) in [5, 5.41) is 5.38. The largest absolute Gasteiger partial charge is 0.490 e. The summed E-state index contributed by atoms with van der Waals surface area (Å²) in [5.74, 6) is 1.32. The van der Waals surface area contributed by atoms with E-state index in [0.29, 0.717) is 34.7 Å². The molecule has 7 heteroatoms. The van der Waals surface area contributed by atoms with Gasteiger partial charge in [-0.1, -0.05) is 68.9 Å². The Bertz CT molecular complexity index is 992. The standard InChI is InChI=1S/C24H23BrCl3NO2/c1-2-30-23-12-17(14-29-11-10-16-6-8-18(26)9-7-16)20(25)13-24(23)31-15-19-21(27)4-3-5-22(19)28/h3-9,12-13,29H,2,10-11,14-15H2,1H3. The molecule has 0 aromatic heterocycles. The molecule has 0 spiro atoms. The zero-order valence-corrected chi connectivity index (χ0v) is 20.9. The molecule has 3 rings (SSSR count). The number of rotatable bonds is 10. The Morgan fingerprint density at radius 2 is 1.58 bits per heavy atom. The Kier molecular flexibility index (Phi) is 9.36. The fourth-order valence-corrected chi connectivity index (χ4v) is 4.12. The van der Waals surface area contributed by atoms with Gasteiger partial charge in [-0.15, -0.1) is 0 Å². The lowest BCUT2D eigenvalue weighted by molar-refractivity contribution is 0.269. The third-order valence-electron chi connectivity index (χ3n) is 4.67. The van der Waals surface area contributed by atoms with Crippen molar-refractivity contribution in [3.8, 4) is 11.5 Å². The van der Waals surface area contributed by atoms with Gasteiger partial charge in [-0.2, -0.15) is 0 Å². The first-order valence-electron chi connectivity index (χ1n) is 9.94. The summed E-state index contributed by atoms with van der Waals surface area (Å²) in [6.07, 6.45) is 0.924. The molecule has 0 saturated carbocycles. The number of hydrogen-bond acceptors (Lipinski definition) is 3. The fourth-order valence-electron chi connectivity index (χ4n) is 3.02. The van der Waals surface area contributed by atoms with Gasteiger partial charge in [0.15, 0.2) is 11.5 Å². The molecule has 0 bridgehead atoms. The number of nitrogens with one attached hydrogen (secondary N) is 1. The summed E-state index contributed by atoms with van der Waals surface area (Å²) in [7, 11) is 0. The van der Waals surface area contributed by atoms with E-state index < -0.39 is 0 Å². The van der Waals surface area contributed by atoms with Crippen LogP contribution in [0.25, 0.3) is 0 Å². The SMILES string of the molecule is CCOc1cc(CNCCc2ccc(Cl)cc2)c(Br)cc1OCc1c(Cl)cccc1Cl. The molecule has 0 fully saturated rings. The first kappa shape index (κ1) is 24.2. The molecular formula is C24H23BrCl3NO2. The van der Waals surface area contributed by atoms with E-state index in [4.69, 9.17) is 44.3 Å². The summed E-state index contributed by atoms with van der Waals surface area (Å²) in [6, 6.07) is 17.2. The lowest BCUT2D eigenvalue weighted by atomic mass is 10.1. The molecule has 0 aliphatic rings. The van der Waals surface area contributed by atoms with E-state index in [-0.39, 0.29) is 6.61 Å². The van der Waals surface area contributed by atoms with Crippen LogP contribution in [0.2, 0.25) is 15.1 Å². The van der Waals surface area contributed by atoms with Crippen LogP contribution in [0.1, 0.15) is 23.6 Å². The van der Waals surface area contributed by atoms with Crippen LogP contribution in [-0.2, 0) is 19.6 Å². The molecule has 164 valence electrons. The molecule has 1 N–H and O–H groups in total. The summed E-state index contributed by atoms with van der Waals surface area (Å²) < 4.78 is 12.8. The van der Waals surface area contributed by atoms with E-state index in [0.717, 1.165) is 33.6 Å². The van der Waals surface area contributed by atoms with Crippen molar-refractivity contribution in [3.63, 3.8) is 0 Å². The highest BCUT2D eigenvalue weighted by molar-refractivity contribution is 9.10. The van der Waals surface area contributed by atoms with E-state index in [1.165, 1.54) is 5.56 Å². The Hall–Kier alpha value is -1.43. The van der Waals surface area contributed by atoms with Crippen molar-refractivity contribution in [2.75, 3.05) is 13.2 Å². The second kappa shape index (κ2) is 12.0. The van der Waals surface area contributed by atoms with E-state index in [1.807, 2.05) is 49.4 Å². The van der Waals surface area contributed by atoms with Crippen LogP contribution in [0.3, 0.4) is 0 Å². The number of halogens is 4. The van der Waals surface area contributed by atoms with Crippen LogP contribution in [0.15, 0.2) is 59.1 Å². The maximum absolute atomic E-state index is 6.26. The number of benzene rings is 3. The first-order valence-corrected chi connectivity index (χ1v) is 11.9. The minimum Gasteiger partial charge on any atom is -0.490 e. The zero-order valence-electron chi connectivity index (χ0n) is 17.1. The van der Waals surface area contributed by atoms with Gasteiger partial charge in [0.2, 0.25) is 0 Å². The smallest absolute Gasteiger partial charge is 0.162 e. The Morgan fingerprint density at radius 3 is 2.26 bits per heavy atom. The van der Waals surface area contributed by atoms with Crippen molar-refractivity contribution in [1.82, 2.24) is 5.32 Å². The topological polar surface area (TPSA) is 30.5 Å². The van der Waals surface area contributed by atoms with Crippen LogP contribution >= 0.6 is 50.7 Å². The van der Waals surface area contributed by atoms with E-state index >= 15 is 0 Å². The Labute approximate surface area is 206 Å². The van der Waals surface area contributed by atoms with E-state index in [1.54, 1.807) is 12.1 Å². The number of hydrogen-bond donors (Lipinski definition) is 1. The second-order valence-electron chi connectivity index (χ2n) is 6.87. The second-order valence-corrected chi connectivity index (χ2v) is 8.97.